The molecule has 1 atom stereocenters. The summed E-state index contributed by atoms with van der Waals surface area (Å²) in [6.07, 6.45) is 9.42. The van der Waals surface area contributed by atoms with Crippen LogP contribution in [-0.4, -0.2) is 4.98 Å². The third-order valence-electron chi connectivity index (χ3n) is 4.91. The molecule has 26 heavy (non-hydrogen) atoms. The highest BCUT2D eigenvalue weighted by Gasteiger charge is 2.10. The number of halogens is 1. The second-order valence-electron chi connectivity index (χ2n) is 7.00. The Hall–Kier alpha value is -2.35. The van der Waals surface area contributed by atoms with E-state index in [4.69, 9.17) is 0 Å². The quantitative estimate of drug-likeness (QED) is 0.488. The summed E-state index contributed by atoms with van der Waals surface area (Å²) in [5.74, 6) is 0.484. The molecule has 0 amide bonds. The molecule has 1 aromatic carbocycles. The third-order valence-corrected chi connectivity index (χ3v) is 4.91. The fourth-order valence-electron chi connectivity index (χ4n) is 2.99. The normalized spacial score (nSPS) is 13.3. The molecule has 138 valence electrons. The van der Waals surface area contributed by atoms with Crippen LogP contribution in [0.2, 0.25) is 0 Å². The number of H-pyrrole nitrogens is 1. The van der Waals surface area contributed by atoms with Crippen molar-refractivity contribution in [3.05, 3.63) is 83.5 Å². The first kappa shape index (κ1) is 20.0. The summed E-state index contributed by atoms with van der Waals surface area (Å²) in [4.78, 5) is 3.56. The van der Waals surface area contributed by atoms with Crippen LogP contribution in [-0.2, 0) is 6.42 Å². The summed E-state index contributed by atoms with van der Waals surface area (Å²) in [7, 11) is 0. The third kappa shape index (κ3) is 5.08. The lowest BCUT2D eigenvalue weighted by atomic mass is 10.0. The van der Waals surface area contributed by atoms with E-state index in [1.54, 1.807) is 12.1 Å². The highest BCUT2D eigenvalue weighted by Crippen LogP contribution is 2.26. The van der Waals surface area contributed by atoms with Crippen LogP contribution in [0.1, 0.15) is 56.1 Å². The molecule has 0 saturated carbocycles. The monoisotopic (exact) mass is 351 g/mol. The SMILES string of the molecule is C=C(/C=C(\C=C/C)c1cc(C)c(CCC(C)CC)[nH]1)c1ccccc1F. The van der Waals surface area contributed by atoms with Gasteiger partial charge in [0.05, 0.1) is 0 Å². The van der Waals surface area contributed by atoms with Gasteiger partial charge in [-0.25, -0.2) is 4.39 Å². The van der Waals surface area contributed by atoms with Crippen LogP contribution in [0.4, 0.5) is 4.39 Å². The maximum Gasteiger partial charge on any atom is 0.131 e. The topological polar surface area (TPSA) is 15.8 Å². The molecule has 1 nitrogen and oxygen atoms in total. The lowest BCUT2D eigenvalue weighted by Gasteiger charge is -2.08. The maximum atomic E-state index is 14.0. The van der Waals surface area contributed by atoms with E-state index in [1.807, 2.05) is 31.2 Å². The van der Waals surface area contributed by atoms with E-state index in [0.717, 1.165) is 23.6 Å². The molecule has 2 heteroatoms. The Morgan fingerprint density at radius 3 is 2.69 bits per heavy atom. The molecule has 0 aliphatic rings. The average Bonchev–Trinajstić information content (AvgIpc) is 3.00. The number of aromatic amines is 1. The molecule has 0 saturated heterocycles. The molecular formula is C24H30FN. The summed E-state index contributed by atoms with van der Waals surface area (Å²) >= 11 is 0. The standard InChI is InChI=1S/C24H30FN/c1-6-10-20(15-18(4)21-11-8-9-12-22(21)25)24-16-19(5)23(26-24)14-13-17(3)7-2/h6,8-12,15-17,26H,4,7,13-14H2,1-3,5H3/b10-6-,20-15+. The number of benzene rings is 1. The molecule has 2 aromatic rings. The summed E-state index contributed by atoms with van der Waals surface area (Å²) in [5, 5.41) is 0. The minimum atomic E-state index is -0.245. The number of hydrogen-bond donors (Lipinski definition) is 1. The molecule has 0 spiro atoms. The summed E-state index contributed by atoms with van der Waals surface area (Å²) in [6, 6.07) is 8.93. The van der Waals surface area contributed by atoms with E-state index in [2.05, 4.69) is 38.4 Å². The van der Waals surface area contributed by atoms with Crippen LogP contribution in [0.5, 0.6) is 0 Å². The molecule has 1 N–H and O–H groups in total. The number of hydrogen-bond acceptors (Lipinski definition) is 0. The van der Waals surface area contributed by atoms with Gasteiger partial charge in [0.1, 0.15) is 5.82 Å². The Bertz CT molecular complexity index is 807. The molecule has 0 aliphatic heterocycles. The van der Waals surface area contributed by atoms with Gasteiger partial charge in [0.2, 0.25) is 0 Å². The molecule has 1 unspecified atom stereocenters. The highest BCUT2D eigenvalue weighted by atomic mass is 19.1. The molecule has 0 aliphatic carbocycles. The van der Waals surface area contributed by atoms with Crippen molar-refractivity contribution < 1.29 is 4.39 Å². The van der Waals surface area contributed by atoms with Crippen LogP contribution < -0.4 is 0 Å². The molecular weight excluding hydrogens is 321 g/mol. The lowest BCUT2D eigenvalue weighted by molar-refractivity contribution is 0.513. The number of allylic oxidation sites excluding steroid dienone is 5. The molecule has 0 radical (unpaired) electrons. The molecule has 0 bridgehead atoms. The first-order valence-corrected chi connectivity index (χ1v) is 9.43. The van der Waals surface area contributed by atoms with Gasteiger partial charge in [-0.2, -0.15) is 0 Å². The van der Waals surface area contributed by atoms with E-state index < -0.39 is 0 Å². The largest absolute Gasteiger partial charge is 0.358 e. The van der Waals surface area contributed by atoms with Gasteiger partial charge < -0.3 is 4.98 Å². The Morgan fingerprint density at radius 1 is 1.31 bits per heavy atom. The average molecular weight is 352 g/mol. The van der Waals surface area contributed by atoms with Crippen molar-refractivity contribution in [3.8, 4) is 0 Å². The van der Waals surface area contributed by atoms with Crippen LogP contribution in [0, 0.1) is 18.7 Å². The Balaban J connectivity index is 2.30. The molecule has 1 aromatic heterocycles. The zero-order valence-corrected chi connectivity index (χ0v) is 16.4. The van der Waals surface area contributed by atoms with Crippen LogP contribution in [0.3, 0.4) is 0 Å². The van der Waals surface area contributed by atoms with Crippen molar-refractivity contribution in [2.45, 2.75) is 47.0 Å². The Kier molecular flexibility index (Phi) is 7.20. The number of aromatic nitrogens is 1. The Labute approximate surface area is 157 Å². The van der Waals surface area contributed by atoms with Gasteiger partial charge in [-0.05, 0) is 67.5 Å². The second-order valence-corrected chi connectivity index (χ2v) is 7.00. The zero-order valence-electron chi connectivity index (χ0n) is 16.4. The Morgan fingerprint density at radius 2 is 2.04 bits per heavy atom. The summed E-state index contributed by atoms with van der Waals surface area (Å²) < 4.78 is 14.0. The first-order valence-electron chi connectivity index (χ1n) is 9.43. The van der Waals surface area contributed by atoms with Crippen molar-refractivity contribution >= 4 is 11.1 Å². The van der Waals surface area contributed by atoms with Crippen LogP contribution >= 0.6 is 0 Å². The van der Waals surface area contributed by atoms with Crippen molar-refractivity contribution in [1.82, 2.24) is 4.98 Å². The molecule has 0 fully saturated rings. The predicted octanol–water partition coefficient (Wildman–Crippen LogP) is 7.11. The van der Waals surface area contributed by atoms with E-state index in [0.29, 0.717) is 11.1 Å². The number of aryl methyl sites for hydroxylation is 2. The smallest absolute Gasteiger partial charge is 0.131 e. The van der Waals surface area contributed by atoms with Gasteiger partial charge in [-0.15, -0.1) is 0 Å². The first-order chi connectivity index (χ1) is 12.5. The second kappa shape index (κ2) is 9.38. The number of nitrogens with one attached hydrogen (secondary N) is 1. The van der Waals surface area contributed by atoms with Gasteiger partial charge in [-0.1, -0.05) is 57.2 Å². The summed E-state index contributed by atoms with van der Waals surface area (Å²) in [5.41, 5.74) is 5.83. The van der Waals surface area contributed by atoms with E-state index in [1.165, 1.54) is 30.2 Å². The van der Waals surface area contributed by atoms with Crippen molar-refractivity contribution in [3.63, 3.8) is 0 Å². The van der Waals surface area contributed by atoms with E-state index >= 15 is 0 Å². The molecule has 1 heterocycles. The lowest BCUT2D eigenvalue weighted by Crippen LogP contribution is -1.97. The minimum Gasteiger partial charge on any atom is -0.358 e. The summed E-state index contributed by atoms with van der Waals surface area (Å²) in [6.45, 7) is 12.7. The van der Waals surface area contributed by atoms with Gasteiger partial charge in [-0.3, -0.25) is 0 Å². The van der Waals surface area contributed by atoms with Gasteiger partial charge >= 0.3 is 0 Å². The van der Waals surface area contributed by atoms with Crippen LogP contribution in [0.15, 0.2) is 55.1 Å². The van der Waals surface area contributed by atoms with Gasteiger partial charge in [0.15, 0.2) is 0 Å². The van der Waals surface area contributed by atoms with Crippen molar-refractivity contribution in [2.24, 2.45) is 5.92 Å². The van der Waals surface area contributed by atoms with E-state index in [9.17, 15) is 4.39 Å². The maximum absolute atomic E-state index is 14.0. The fraction of sp³-hybridized carbons (Fsp3) is 0.333. The number of rotatable bonds is 8. The minimum absolute atomic E-state index is 0.245. The van der Waals surface area contributed by atoms with Crippen molar-refractivity contribution in [1.29, 1.82) is 0 Å². The van der Waals surface area contributed by atoms with Crippen molar-refractivity contribution in [2.75, 3.05) is 0 Å². The fourth-order valence-corrected chi connectivity index (χ4v) is 2.99. The molecule has 2 rings (SSSR count). The van der Waals surface area contributed by atoms with Crippen LogP contribution in [0.25, 0.3) is 11.1 Å². The predicted molar refractivity (Wildman–Crippen MR) is 112 cm³/mol. The highest BCUT2D eigenvalue weighted by molar-refractivity contribution is 5.86. The van der Waals surface area contributed by atoms with E-state index in [-0.39, 0.29) is 5.82 Å². The van der Waals surface area contributed by atoms with Gasteiger partial charge in [0, 0.05) is 17.0 Å². The zero-order chi connectivity index (χ0) is 19.1. The van der Waals surface area contributed by atoms with Gasteiger partial charge in [0.25, 0.3) is 0 Å².